The maximum absolute atomic E-state index is 12.2. The third kappa shape index (κ3) is 6.46. The average molecular weight is 430 g/mol. The number of ether oxygens (including phenoxy) is 4. The molecule has 2 aromatic rings. The number of nitrogens with one attached hydrogen (secondary N) is 2. The van der Waals surface area contributed by atoms with Crippen molar-refractivity contribution in [1.29, 1.82) is 0 Å². The summed E-state index contributed by atoms with van der Waals surface area (Å²) < 4.78 is 20.0. The van der Waals surface area contributed by atoms with E-state index < -0.39 is 36.8 Å². The number of rotatable bonds is 9. The van der Waals surface area contributed by atoms with Crippen LogP contribution in [0.25, 0.3) is 0 Å². The topological polar surface area (TPSA) is 129 Å². The first-order valence-corrected chi connectivity index (χ1v) is 9.02. The van der Waals surface area contributed by atoms with Crippen LogP contribution in [0.5, 0.6) is 17.2 Å². The fourth-order valence-corrected chi connectivity index (χ4v) is 2.49. The van der Waals surface area contributed by atoms with Crippen LogP contribution < -0.4 is 24.8 Å². The molecule has 10 nitrogen and oxygen atoms in total. The predicted octanol–water partition coefficient (Wildman–Crippen LogP) is 0.942. The molecule has 0 spiro atoms. The highest BCUT2D eigenvalue weighted by Crippen LogP contribution is 2.27. The molecular formula is C21H22N2O8. The summed E-state index contributed by atoms with van der Waals surface area (Å²) in [6, 6.07) is 10.8. The van der Waals surface area contributed by atoms with Gasteiger partial charge >= 0.3 is 5.97 Å². The Balaban J connectivity index is 1.80. The molecule has 2 aromatic carbocycles. The Morgan fingerprint density at radius 3 is 2.16 bits per heavy atom. The molecule has 0 aliphatic carbocycles. The van der Waals surface area contributed by atoms with Gasteiger partial charge in [-0.3, -0.25) is 24.5 Å². The average Bonchev–Trinajstić information content (AvgIpc) is 2.80. The predicted molar refractivity (Wildman–Crippen MR) is 108 cm³/mol. The Hall–Kier alpha value is -4.08. The molecule has 2 rings (SSSR count). The molecule has 0 atom stereocenters. The molecule has 0 unspecified atom stereocenters. The van der Waals surface area contributed by atoms with Crippen LogP contribution in [0.4, 0.5) is 0 Å². The number of carbonyl (C=O) groups excluding carboxylic acids is 4. The Bertz CT molecular complexity index is 974. The first-order valence-electron chi connectivity index (χ1n) is 9.02. The van der Waals surface area contributed by atoms with Gasteiger partial charge in [-0.1, -0.05) is 12.1 Å². The summed E-state index contributed by atoms with van der Waals surface area (Å²) >= 11 is 0. The minimum Gasteiger partial charge on any atom is -0.496 e. The first kappa shape index (κ1) is 23.2. The van der Waals surface area contributed by atoms with Crippen LogP contribution in [0, 0.1) is 0 Å². The molecule has 0 heterocycles. The lowest BCUT2D eigenvalue weighted by Gasteiger charge is -2.10. The molecule has 0 aromatic heterocycles. The second kappa shape index (κ2) is 11.2. The standard InChI is InChI=1S/C21H22N2O8/c1-28-15-7-5-4-6-14(15)21(27)23-18(24)12-31-19(25)11-22-20(26)13-8-9-16(29-2)17(10-13)30-3/h4-10H,11-12H2,1-3H3,(H,22,26)(H,23,24,27). The molecule has 0 bridgehead atoms. The molecule has 0 saturated heterocycles. The second-order valence-electron chi connectivity index (χ2n) is 5.99. The minimum absolute atomic E-state index is 0.159. The number of imide groups is 1. The third-order valence-electron chi connectivity index (χ3n) is 4.01. The molecule has 0 saturated carbocycles. The normalized spacial score (nSPS) is 9.90. The van der Waals surface area contributed by atoms with E-state index >= 15 is 0 Å². The lowest BCUT2D eigenvalue weighted by atomic mass is 10.2. The van der Waals surface area contributed by atoms with Crippen molar-refractivity contribution in [2.24, 2.45) is 0 Å². The fourth-order valence-electron chi connectivity index (χ4n) is 2.49. The Labute approximate surface area is 178 Å². The summed E-state index contributed by atoms with van der Waals surface area (Å²) in [6.45, 7) is -1.16. The smallest absolute Gasteiger partial charge is 0.325 e. The van der Waals surface area contributed by atoms with Gasteiger partial charge in [0.25, 0.3) is 17.7 Å². The van der Waals surface area contributed by atoms with Crippen molar-refractivity contribution >= 4 is 23.7 Å². The molecule has 0 aliphatic heterocycles. The molecule has 164 valence electrons. The van der Waals surface area contributed by atoms with Crippen molar-refractivity contribution in [3.8, 4) is 17.2 Å². The summed E-state index contributed by atoms with van der Waals surface area (Å²) in [4.78, 5) is 47.9. The van der Waals surface area contributed by atoms with Gasteiger partial charge in [-0.25, -0.2) is 0 Å². The summed E-state index contributed by atoms with van der Waals surface area (Å²) in [7, 11) is 4.29. The second-order valence-corrected chi connectivity index (χ2v) is 5.99. The number of para-hydroxylation sites is 1. The third-order valence-corrected chi connectivity index (χ3v) is 4.01. The van der Waals surface area contributed by atoms with Gasteiger partial charge < -0.3 is 24.3 Å². The molecule has 3 amide bonds. The molecule has 0 radical (unpaired) electrons. The van der Waals surface area contributed by atoms with Crippen LogP contribution in [0.15, 0.2) is 42.5 Å². The Morgan fingerprint density at radius 1 is 0.806 bits per heavy atom. The highest BCUT2D eigenvalue weighted by atomic mass is 16.5. The van der Waals surface area contributed by atoms with Gasteiger partial charge in [0.15, 0.2) is 18.1 Å². The summed E-state index contributed by atoms with van der Waals surface area (Å²) in [5.74, 6) is -1.82. The fraction of sp³-hybridized carbons (Fsp3) is 0.238. The van der Waals surface area contributed by atoms with Gasteiger partial charge in [-0.05, 0) is 30.3 Å². The van der Waals surface area contributed by atoms with Crippen LogP contribution in [0.1, 0.15) is 20.7 Å². The van der Waals surface area contributed by atoms with Crippen LogP contribution in [0.2, 0.25) is 0 Å². The van der Waals surface area contributed by atoms with Crippen LogP contribution in [0.3, 0.4) is 0 Å². The summed E-state index contributed by atoms with van der Waals surface area (Å²) in [6.07, 6.45) is 0. The van der Waals surface area contributed by atoms with Gasteiger partial charge in [0, 0.05) is 5.56 Å². The van der Waals surface area contributed by atoms with E-state index in [4.69, 9.17) is 18.9 Å². The zero-order chi connectivity index (χ0) is 22.8. The highest BCUT2D eigenvalue weighted by molar-refractivity contribution is 6.06. The number of amides is 3. The monoisotopic (exact) mass is 430 g/mol. The van der Waals surface area contributed by atoms with Crippen LogP contribution in [-0.4, -0.2) is 58.2 Å². The van der Waals surface area contributed by atoms with Crippen molar-refractivity contribution < 1.29 is 38.1 Å². The molecule has 10 heteroatoms. The number of hydrogen-bond acceptors (Lipinski definition) is 8. The van der Waals surface area contributed by atoms with Crippen molar-refractivity contribution in [3.63, 3.8) is 0 Å². The number of hydrogen-bond donors (Lipinski definition) is 2. The van der Waals surface area contributed by atoms with Crippen LogP contribution >= 0.6 is 0 Å². The SMILES string of the molecule is COc1ccc(C(=O)NCC(=O)OCC(=O)NC(=O)c2ccccc2OC)cc1OC. The number of benzene rings is 2. The summed E-state index contributed by atoms with van der Waals surface area (Å²) in [5.41, 5.74) is 0.400. The first-order chi connectivity index (χ1) is 14.9. The number of esters is 1. The molecule has 0 fully saturated rings. The van der Waals surface area contributed by atoms with E-state index in [0.29, 0.717) is 17.2 Å². The van der Waals surface area contributed by atoms with E-state index in [1.54, 1.807) is 24.3 Å². The molecular weight excluding hydrogens is 408 g/mol. The quantitative estimate of drug-likeness (QED) is 0.563. The number of methoxy groups -OCH3 is 3. The van der Waals surface area contributed by atoms with Gasteiger partial charge in [0.1, 0.15) is 12.3 Å². The zero-order valence-corrected chi connectivity index (χ0v) is 17.2. The van der Waals surface area contributed by atoms with Crippen molar-refractivity contribution in [2.45, 2.75) is 0 Å². The van der Waals surface area contributed by atoms with Crippen LogP contribution in [-0.2, 0) is 14.3 Å². The van der Waals surface area contributed by atoms with E-state index in [9.17, 15) is 19.2 Å². The number of carbonyl (C=O) groups is 4. The molecule has 2 N–H and O–H groups in total. The molecule has 0 aliphatic rings. The Kier molecular flexibility index (Phi) is 8.38. The largest absolute Gasteiger partial charge is 0.496 e. The maximum Gasteiger partial charge on any atom is 0.325 e. The van der Waals surface area contributed by atoms with E-state index in [1.165, 1.54) is 39.5 Å². The van der Waals surface area contributed by atoms with Crippen molar-refractivity contribution in [1.82, 2.24) is 10.6 Å². The minimum atomic E-state index is -0.853. The highest BCUT2D eigenvalue weighted by Gasteiger charge is 2.17. The van der Waals surface area contributed by atoms with E-state index in [2.05, 4.69) is 10.6 Å². The van der Waals surface area contributed by atoms with Crippen molar-refractivity contribution in [3.05, 3.63) is 53.6 Å². The van der Waals surface area contributed by atoms with Gasteiger partial charge in [-0.2, -0.15) is 0 Å². The lowest BCUT2D eigenvalue weighted by molar-refractivity contribution is -0.147. The van der Waals surface area contributed by atoms with Gasteiger partial charge in [0.2, 0.25) is 0 Å². The summed E-state index contributed by atoms with van der Waals surface area (Å²) in [5, 5.41) is 4.46. The maximum atomic E-state index is 12.2. The van der Waals surface area contributed by atoms with Gasteiger partial charge in [-0.15, -0.1) is 0 Å². The van der Waals surface area contributed by atoms with E-state index in [-0.39, 0.29) is 11.1 Å². The van der Waals surface area contributed by atoms with E-state index in [1.807, 2.05) is 0 Å². The zero-order valence-electron chi connectivity index (χ0n) is 17.2. The molecule has 31 heavy (non-hydrogen) atoms. The van der Waals surface area contributed by atoms with Crippen molar-refractivity contribution in [2.75, 3.05) is 34.5 Å². The van der Waals surface area contributed by atoms with E-state index in [0.717, 1.165) is 0 Å². The lowest BCUT2D eigenvalue weighted by Crippen LogP contribution is -2.36. The van der Waals surface area contributed by atoms with Gasteiger partial charge in [0.05, 0.1) is 26.9 Å². The Morgan fingerprint density at radius 2 is 1.48 bits per heavy atom.